The third-order valence-corrected chi connectivity index (χ3v) is 4.44. The number of benzene rings is 2. The second kappa shape index (κ2) is 13.8. The first-order chi connectivity index (χ1) is 14.0. The number of aryl methyl sites for hydroxylation is 1. The SMILES string of the molecule is CCNC(=NCc1ccc(C(=O)N(C)C)cc1)NCCCc1cccc(OC)c1.I. The predicted octanol–water partition coefficient (Wildman–Crippen LogP) is 3.70. The molecule has 0 heterocycles. The number of hydrogen-bond acceptors (Lipinski definition) is 3. The van der Waals surface area contributed by atoms with Crippen LogP contribution >= 0.6 is 24.0 Å². The van der Waals surface area contributed by atoms with Crippen molar-refractivity contribution < 1.29 is 9.53 Å². The standard InChI is InChI=1S/C23H32N4O2.HI/c1-5-24-23(25-15-7-9-18-8-6-10-21(16-18)29-4)26-17-19-11-13-20(14-12-19)22(28)27(2)3;/h6,8,10-14,16H,5,7,9,15,17H2,1-4H3,(H2,24,25,26);1H. The average Bonchev–Trinajstić information content (AvgIpc) is 2.74. The van der Waals surface area contributed by atoms with Crippen molar-refractivity contribution in [3.63, 3.8) is 0 Å². The smallest absolute Gasteiger partial charge is 0.253 e. The van der Waals surface area contributed by atoms with Crippen molar-refractivity contribution in [1.29, 1.82) is 0 Å². The first-order valence-electron chi connectivity index (χ1n) is 9.99. The fourth-order valence-electron chi connectivity index (χ4n) is 2.85. The monoisotopic (exact) mass is 524 g/mol. The summed E-state index contributed by atoms with van der Waals surface area (Å²) in [4.78, 5) is 18.2. The topological polar surface area (TPSA) is 66.0 Å². The second-order valence-electron chi connectivity index (χ2n) is 6.97. The van der Waals surface area contributed by atoms with E-state index in [1.54, 1.807) is 26.1 Å². The molecule has 6 nitrogen and oxygen atoms in total. The van der Waals surface area contributed by atoms with E-state index in [1.807, 2.05) is 36.4 Å². The highest BCUT2D eigenvalue weighted by molar-refractivity contribution is 14.0. The lowest BCUT2D eigenvalue weighted by Gasteiger charge is -2.12. The summed E-state index contributed by atoms with van der Waals surface area (Å²) < 4.78 is 5.27. The number of hydrogen-bond donors (Lipinski definition) is 2. The van der Waals surface area contributed by atoms with Gasteiger partial charge in [-0.2, -0.15) is 0 Å². The van der Waals surface area contributed by atoms with Gasteiger partial charge in [-0.25, -0.2) is 4.99 Å². The summed E-state index contributed by atoms with van der Waals surface area (Å²) in [5.74, 6) is 1.70. The third kappa shape index (κ3) is 8.61. The molecule has 30 heavy (non-hydrogen) atoms. The van der Waals surface area contributed by atoms with E-state index in [1.165, 1.54) is 5.56 Å². The zero-order valence-electron chi connectivity index (χ0n) is 18.3. The lowest BCUT2D eigenvalue weighted by atomic mass is 10.1. The van der Waals surface area contributed by atoms with Gasteiger partial charge in [-0.05, 0) is 55.2 Å². The molecule has 0 saturated carbocycles. The molecule has 0 fully saturated rings. The van der Waals surface area contributed by atoms with Crippen molar-refractivity contribution in [2.75, 3.05) is 34.3 Å². The Morgan fingerprint density at radius 2 is 1.80 bits per heavy atom. The highest BCUT2D eigenvalue weighted by atomic mass is 127. The fraction of sp³-hybridized carbons (Fsp3) is 0.391. The van der Waals surface area contributed by atoms with Crippen LogP contribution < -0.4 is 15.4 Å². The molecule has 1 amide bonds. The predicted molar refractivity (Wildman–Crippen MR) is 134 cm³/mol. The molecule has 0 bridgehead atoms. The fourth-order valence-corrected chi connectivity index (χ4v) is 2.85. The van der Waals surface area contributed by atoms with E-state index in [9.17, 15) is 4.79 Å². The lowest BCUT2D eigenvalue weighted by molar-refractivity contribution is 0.0827. The molecule has 0 aliphatic rings. The lowest BCUT2D eigenvalue weighted by Crippen LogP contribution is -2.37. The van der Waals surface area contributed by atoms with Crippen LogP contribution in [-0.4, -0.2) is 51.1 Å². The Bertz CT molecular complexity index is 807. The number of ether oxygens (including phenoxy) is 1. The molecular weight excluding hydrogens is 491 g/mol. The molecule has 0 spiro atoms. The highest BCUT2D eigenvalue weighted by Gasteiger charge is 2.07. The van der Waals surface area contributed by atoms with Gasteiger partial charge in [0.15, 0.2) is 5.96 Å². The van der Waals surface area contributed by atoms with Crippen molar-refractivity contribution in [2.24, 2.45) is 4.99 Å². The van der Waals surface area contributed by atoms with E-state index in [4.69, 9.17) is 4.74 Å². The molecule has 2 aromatic rings. The summed E-state index contributed by atoms with van der Waals surface area (Å²) in [6, 6.07) is 15.8. The number of nitrogens with one attached hydrogen (secondary N) is 2. The maximum Gasteiger partial charge on any atom is 0.253 e. The van der Waals surface area contributed by atoms with Gasteiger partial charge in [-0.15, -0.1) is 24.0 Å². The summed E-state index contributed by atoms with van der Waals surface area (Å²) in [5, 5.41) is 6.65. The van der Waals surface area contributed by atoms with E-state index in [0.717, 1.165) is 43.2 Å². The van der Waals surface area contributed by atoms with Crippen LogP contribution in [0.3, 0.4) is 0 Å². The van der Waals surface area contributed by atoms with Crippen molar-refractivity contribution in [3.05, 3.63) is 65.2 Å². The number of guanidine groups is 1. The van der Waals surface area contributed by atoms with E-state index in [2.05, 4.69) is 34.7 Å². The Balaban J connectivity index is 0.00000450. The van der Waals surface area contributed by atoms with Gasteiger partial charge in [0.05, 0.1) is 13.7 Å². The van der Waals surface area contributed by atoms with Crippen LogP contribution in [0.1, 0.15) is 34.8 Å². The van der Waals surface area contributed by atoms with Gasteiger partial charge in [0.1, 0.15) is 5.75 Å². The minimum Gasteiger partial charge on any atom is -0.497 e. The van der Waals surface area contributed by atoms with Gasteiger partial charge < -0.3 is 20.3 Å². The summed E-state index contributed by atoms with van der Waals surface area (Å²) in [6.07, 6.45) is 1.98. The Morgan fingerprint density at radius 1 is 1.07 bits per heavy atom. The Labute approximate surface area is 197 Å². The molecular formula is C23H33IN4O2. The minimum absolute atomic E-state index is 0. The number of nitrogens with zero attached hydrogens (tertiary/aromatic N) is 2. The zero-order chi connectivity index (χ0) is 21.1. The quantitative estimate of drug-likeness (QED) is 0.227. The molecule has 164 valence electrons. The Kier molecular flexibility index (Phi) is 11.9. The van der Waals surface area contributed by atoms with Gasteiger partial charge in [0, 0.05) is 32.7 Å². The van der Waals surface area contributed by atoms with Crippen molar-refractivity contribution in [3.8, 4) is 5.75 Å². The first kappa shape index (κ1) is 25.7. The van der Waals surface area contributed by atoms with Crippen LogP contribution in [0.15, 0.2) is 53.5 Å². The maximum atomic E-state index is 12.0. The molecule has 0 aliphatic heterocycles. The van der Waals surface area contributed by atoms with Crippen molar-refractivity contribution >= 4 is 35.8 Å². The van der Waals surface area contributed by atoms with Crippen LogP contribution in [0.2, 0.25) is 0 Å². The number of carbonyl (C=O) groups is 1. The van der Waals surface area contributed by atoms with Crippen LogP contribution in [-0.2, 0) is 13.0 Å². The molecule has 7 heteroatoms. The van der Waals surface area contributed by atoms with Crippen LogP contribution in [0.5, 0.6) is 5.75 Å². The molecule has 0 atom stereocenters. The molecule has 0 unspecified atom stereocenters. The zero-order valence-corrected chi connectivity index (χ0v) is 20.6. The maximum absolute atomic E-state index is 12.0. The molecule has 0 aliphatic carbocycles. The largest absolute Gasteiger partial charge is 0.497 e. The van der Waals surface area contributed by atoms with E-state index in [-0.39, 0.29) is 29.9 Å². The average molecular weight is 524 g/mol. The number of rotatable bonds is 9. The summed E-state index contributed by atoms with van der Waals surface area (Å²) >= 11 is 0. The van der Waals surface area contributed by atoms with Gasteiger partial charge in [0.25, 0.3) is 5.91 Å². The second-order valence-corrected chi connectivity index (χ2v) is 6.97. The number of aliphatic imine (C=N–C) groups is 1. The van der Waals surface area contributed by atoms with Crippen molar-refractivity contribution in [1.82, 2.24) is 15.5 Å². The van der Waals surface area contributed by atoms with Crippen molar-refractivity contribution in [2.45, 2.75) is 26.3 Å². The molecule has 0 aromatic heterocycles. The van der Waals surface area contributed by atoms with Crippen LogP contribution in [0, 0.1) is 0 Å². The first-order valence-corrected chi connectivity index (χ1v) is 9.99. The normalized spacial score (nSPS) is 10.7. The number of carbonyl (C=O) groups excluding carboxylic acids is 1. The van der Waals surface area contributed by atoms with Gasteiger partial charge in [0.2, 0.25) is 0 Å². The molecule has 0 saturated heterocycles. The molecule has 0 radical (unpaired) electrons. The van der Waals surface area contributed by atoms with E-state index in [0.29, 0.717) is 12.1 Å². The van der Waals surface area contributed by atoms with Crippen LogP contribution in [0.4, 0.5) is 0 Å². The minimum atomic E-state index is 0. The van der Waals surface area contributed by atoms with E-state index >= 15 is 0 Å². The summed E-state index contributed by atoms with van der Waals surface area (Å²) in [6.45, 7) is 4.24. The van der Waals surface area contributed by atoms with E-state index < -0.39 is 0 Å². The summed E-state index contributed by atoms with van der Waals surface area (Å²) in [7, 11) is 5.19. The molecule has 2 aromatic carbocycles. The highest BCUT2D eigenvalue weighted by Crippen LogP contribution is 2.13. The van der Waals surface area contributed by atoms with Crippen LogP contribution in [0.25, 0.3) is 0 Å². The molecule has 2 rings (SSSR count). The Morgan fingerprint density at radius 3 is 2.43 bits per heavy atom. The summed E-state index contributed by atoms with van der Waals surface area (Å²) in [5.41, 5.74) is 3.01. The van der Waals surface area contributed by atoms with Gasteiger partial charge >= 0.3 is 0 Å². The number of halogens is 1. The number of methoxy groups -OCH3 is 1. The third-order valence-electron chi connectivity index (χ3n) is 4.44. The van der Waals surface area contributed by atoms with Gasteiger partial charge in [-0.3, -0.25) is 4.79 Å². The number of amides is 1. The Hall–Kier alpha value is -2.29. The van der Waals surface area contributed by atoms with Gasteiger partial charge in [-0.1, -0.05) is 24.3 Å². The molecule has 2 N–H and O–H groups in total.